The summed E-state index contributed by atoms with van der Waals surface area (Å²) in [5, 5.41) is 3.36. The normalized spacial score (nSPS) is 12.2. The first-order valence-corrected chi connectivity index (χ1v) is 5.17. The van der Waals surface area contributed by atoms with Crippen LogP contribution in [0.1, 0.15) is 12.5 Å². The van der Waals surface area contributed by atoms with Gasteiger partial charge in [-0.05, 0) is 30.7 Å². The molecule has 0 bridgehead atoms. The van der Waals surface area contributed by atoms with Gasteiger partial charge >= 0.3 is 5.97 Å². The lowest BCUT2D eigenvalue weighted by Crippen LogP contribution is -2.34. The highest BCUT2D eigenvalue weighted by Gasteiger charge is 2.12. The summed E-state index contributed by atoms with van der Waals surface area (Å²) in [5.41, 5.74) is 0.609. The average molecular weight is 246 g/mol. The molecule has 0 aliphatic heterocycles. The zero-order valence-electron chi connectivity index (χ0n) is 9.09. The standard InChI is InChI=1S/C11H13ClFNO2/c1-7(11(15)16-2)14-6-8-5-9(13)3-4-10(8)12/h3-5,7,14H,6H2,1-2H3. The maximum Gasteiger partial charge on any atom is 0.322 e. The Morgan fingerprint density at radius 1 is 1.62 bits per heavy atom. The van der Waals surface area contributed by atoms with Gasteiger partial charge in [-0.3, -0.25) is 4.79 Å². The van der Waals surface area contributed by atoms with Gasteiger partial charge in [-0.1, -0.05) is 11.6 Å². The molecule has 5 heteroatoms. The monoisotopic (exact) mass is 245 g/mol. The number of carbonyl (C=O) groups excluding carboxylic acids is 1. The van der Waals surface area contributed by atoms with Crippen molar-refractivity contribution in [2.75, 3.05) is 7.11 Å². The van der Waals surface area contributed by atoms with Crippen molar-refractivity contribution in [3.05, 3.63) is 34.6 Å². The average Bonchev–Trinajstić information content (AvgIpc) is 2.28. The van der Waals surface area contributed by atoms with Crippen LogP contribution >= 0.6 is 11.6 Å². The predicted octanol–water partition coefficient (Wildman–Crippen LogP) is 2.13. The van der Waals surface area contributed by atoms with E-state index in [1.54, 1.807) is 6.92 Å². The summed E-state index contributed by atoms with van der Waals surface area (Å²) in [6.07, 6.45) is 0. The van der Waals surface area contributed by atoms with Crippen LogP contribution in [-0.4, -0.2) is 19.1 Å². The lowest BCUT2D eigenvalue weighted by atomic mass is 10.2. The number of hydrogen-bond acceptors (Lipinski definition) is 3. The van der Waals surface area contributed by atoms with Crippen LogP contribution in [0.15, 0.2) is 18.2 Å². The number of esters is 1. The third kappa shape index (κ3) is 3.47. The molecule has 16 heavy (non-hydrogen) atoms. The third-order valence-electron chi connectivity index (χ3n) is 2.16. The minimum atomic E-state index is -0.454. The van der Waals surface area contributed by atoms with Gasteiger partial charge in [0.2, 0.25) is 0 Å². The van der Waals surface area contributed by atoms with Crippen molar-refractivity contribution in [2.45, 2.75) is 19.5 Å². The second-order valence-corrected chi connectivity index (χ2v) is 3.77. The molecule has 0 saturated carbocycles. The summed E-state index contributed by atoms with van der Waals surface area (Å²) < 4.78 is 17.5. The number of carbonyl (C=O) groups is 1. The number of halogens is 2. The maximum atomic E-state index is 12.9. The Bertz CT molecular complexity index is 384. The van der Waals surface area contributed by atoms with E-state index in [0.717, 1.165) is 0 Å². The lowest BCUT2D eigenvalue weighted by molar-refractivity contribution is -0.142. The Morgan fingerprint density at radius 3 is 2.94 bits per heavy atom. The van der Waals surface area contributed by atoms with E-state index in [-0.39, 0.29) is 11.8 Å². The number of benzene rings is 1. The molecule has 0 aliphatic carbocycles. The molecule has 0 aromatic heterocycles. The summed E-state index contributed by atoms with van der Waals surface area (Å²) >= 11 is 5.87. The zero-order valence-corrected chi connectivity index (χ0v) is 9.84. The fourth-order valence-electron chi connectivity index (χ4n) is 1.20. The highest BCUT2D eigenvalue weighted by Crippen LogP contribution is 2.16. The molecule has 0 saturated heterocycles. The molecule has 1 N–H and O–H groups in total. The number of rotatable bonds is 4. The summed E-state index contributed by atoms with van der Waals surface area (Å²) in [7, 11) is 1.32. The fraction of sp³-hybridized carbons (Fsp3) is 0.364. The van der Waals surface area contributed by atoms with Crippen LogP contribution in [-0.2, 0) is 16.1 Å². The molecule has 1 aromatic rings. The van der Waals surface area contributed by atoms with Gasteiger partial charge < -0.3 is 10.1 Å². The Balaban J connectivity index is 2.60. The molecule has 0 fully saturated rings. The van der Waals surface area contributed by atoms with Crippen molar-refractivity contribution in [1.29, 1.82) is 0 Å². The van der Waals surface area contributed by atoms with Crippen LogP contribution in [0.4, 0.5) is 4.39 Å². The van der Waals surface area contributed by atoms with Crippen LogP contribution in [0.2, 0.25) is 5.02 Å². The van der Waals surface area contributed by atoms with Gasteiger partial charge in [-0.15, -0.1) is 0 Å². The van der Waals surface area contributed by atoms with Gasteiger partial charge in [-0.25, -0.2) is 4.39 Å². The molecule has 3 nitrogen and oxygen atoms in total. The van der Waals surface area contributed by atoms with Gasteiger partial charge in [0.1, 0.15) is 11.9 Å². The van der Waals surface area contributed by atoms with Crippen molar-refractivity contribution in [2.24, 2.45) is 0 Å². The van der Waals surface area contributed by atoms with Crippen LogP contribution < -0.4 is 5.32 Å². The topological polar surface area (TPSA) is 38.3 Å². The molecule has 0 radical (unpaired) electrons. The van der Waals surface area contributed by atoms with E-state index in [2.05, 4.69) is 10.1 Å². The molecule has 0 heterocycles. The van der Waals surface area contributed by atoms with Crippen LogP contribution in [0, 0.1) is 5.82 Å². The molecule has 1 rings (SSSR count). The Hall–Kier alpha value is -1.13. The quantitative estimate of drug-likeness (QED) is 0.826. The minimum Gasteiger partial charge on any atom is -0.468 e. The van der Waals surface area contributed by atoms with Crippen molar-refractivity contribution >= 4 is 17.6 Å². The molecular weight excluding hydrogens is 233 g/mol. The summed E-state index contributed by atoms with van der Waals surface area (Å²) in [6, 6.07) is 3.65. The van der Waals surface area contributed by atoms with Crippen molar-refractivity contribution in [3.63, 3.8) is 0 Å². The first-order valence-electron chi connectivity index (χ1n) is 4.79. The van der Waals surface area contributed by atoms with E-state index in [1.807, 2.05) is 0 Å². The largest absolute Gasteiger partial charge is 0.468 e. The minimum absolute atomic E-state index is 0.312. The number of hydrogen-bond donors (Lipinski definition) is 1. The van der Waals surface area contributed by atoms with Crippen molar-refractivity contribution in [3.8, 4) is 0 Å². The maximum absolute atomic E-state index is 12.9. The molecule has 1 atom stereocenters. The van der Waals surface area contributed by atoms with Crippen LogP contribution in [0.25, 0.3) is 0 Å². The number of ether oxygens (including phenoxy) is 1. The lowest BCUT2D eigenvalue weighted by Gasteiger charge is -2.12. The highest BCUT2D eigenvalue weighted by molar-refractivity contribution is 6.31. The first-order chi connectivity index (χ1) is 7.54. The van der Waals surface area contributed by atoms with Crippen molar-refractivity contribution in [1.82, 2.24) is 5.32 Å². The second-order valence-electron chi connectivity index (χ2n) is 3.36. The molecule has 0 spiro atoms. The smallest absolute Gasteiger partial charge is 0.322 e. The van der Waals surface area contributed by atoms with Gasteiger partial charge in [0, 0.05) is 11.6 Å². The highest BCUT2D eigenvalue weighted by atomic mass is 35.5. The van der Waals surface area contributed by atoms with E-state index >= 15 is 0 Å². The van der Waals surface area contributed by atoms with Crippen LogP contribution in [0.5, 0.6) is 0 Å². The number of methoxy groups -OCH3 is 1. The van der Waals surface area contributed by atoms with Gasteiger partial charge in [0.15, 0.2) is 0 Å². The van der Waals surface area contributed by atoms with Gasteiger partial charge in [-0.2, -0.15) is 0 Å². The van der Waals surface area contributed by atoms with Gasteiger partial charge in [0.05, 0.1) is 7.11 Å². The summed E-state index contributed by atoms with van der Waals surface area (Å²) in [4.78, 5) is 11.1. The first kappa shape index (κ1) is 12.9. The third-order valence-corrected chi connectivity index (χ3v) is 2.53. The molecule has 1 aromatic carbocycles. The number of nitrogens with one attached hydrogen (secondary N) is 1. The summed E-state index contributed by atoms with van der Waals surface area (Å²) in [6.45, 7) is 1.98. The molecule has 88 valence electrons. The van der Waals surface area contributed by atoms with Crippen molar-refractivity contribution < 1.29 is 13.9 Å². The Labute approximate surface area is 98.5 Å². The van der Waals surface area contributed by atoms with E-state index in [1.165, 1.54) is 25.3 Å². The molecule has 0 amide bonds. The SMILES string of the molecule is COC(=O)C(C)NCc1cc(F)ccc1Cl. The van der Waals surface area contributed by atoms with E-state index in [9.17, 15) is 9.18 Å². The molecule has 1 unspecified atom stereocenters. The predicted molar refractivity (Wildman–Crippen MR) is 59.7 cm³/mol. The van der Waals surface area contributed by atoms with Gasteiger partial charge in [0.25, 0.3) is 0 Å². The summed E-state index contributed by atoms with van der Waals surface area (Å²) in [5.74, 6) is -0.723. The second kappa shape index (κ2) is 5.82. The van der Waals surface area contributed by atoms with E-state index < -0.39 is 6.04 Å². The Morgan fingerprint density at radius 2 is 2.31 bits per heavy atom. The molecule has 0 aliphatic rings. The zero-order chi connectivity index (χ0) is 12.1. The van der Waals surface area contributed by atoms with E-state index in [0.29, 0.717) is 17.1 Å². The van der Waals surface area contributed by atoms with Crippen LogP contribution in [0.3, 0.4) is 0 Å². The van der Waals surface area contributed by atoms with E-state index in [4.69, 9.17) is 11.6 Å². The molecular formula is C11H13ClFNO2. The Kier molecular flexibility index (Phi) is 4.71. The fourth-order valence-corrected chi connectivity index (χ4v) is 1.39.